The van der Waals surface area contributed by atoms with Crippen LogP contribution in [-0.4, -0.2) is 42.8 Å². The maximum absolute atomic E-state index is 11.9. The molecule has 2 rings (SSSR count). The number of nitrogens with zero attached hydrogens (tertiary/aromatic N) is 1. The van der Waals surface area contributed by atoms with Crippen LogP contribution in [0.4, 0.5) is 5.69 Å². The van der Waals surface area contributed by atoms with Crippen LogP contribution in [0, 0.1) is 0 Å². The highest BCUT2D eigenvalue weighted by Gasteiger charge is 2.27. The summed E-state index contributed by atoms with van der Waals surface area (Å²) in [4.78, 5) is 24.6. The summed E-state index contributed by atoms with van der Waals surface area (Å²) in [6.07, 6.45) is -1.11. The summed E-state index contributed by atoms with van der Waals surface area (Å²) in [6, 6.07) is 7.09. The maximum Gasteiger partial charge on any atom is 0.308 e. The lowest BCUT2D eigenvalue weighted by atomic mass is 10.2. The minimum Gasteiger partial charge on any atom is -0.482 e. The van der Waals surface area contributed by atoms with E-state index in [4.69, 9.17) is 9.47 Å². The third-order valence-electron chi connectivity index (χ3n) is 2.91. The minimum absolute atomic E-state index is 0.0397. The molecule has 1 unspecified atom stereocenters. The topological polar surface area (TPSA) is 76.1 Å². The summed E-state index contributed by atoms with van der Waals surface area (Å²) < 4.78 is 10.1. The van der Waals surface area contributed by atoms with E-state index in [9.17, 15) is 14.7 Å². The first-order valence-corrected chi connectivity index (χ1v) is 6.47. The molecule has 1 aliphatic heterocycles. The molecule has 1 heterocycles. The molecule has 0 spiro atoms. The maximum atomic E-state index is 11.9. The van der Waals surface area contributed by atoms with Crippen molar-refractivity contribution in [2.45, 2.75) is 19.4 Å². The van der Waals surface area contributed by atoms with Gasteiger partial charge in [-0.3, -0.25) is 9.59 Å². The second kappa shape index (κ2) is 6.38. The van der Waals surface area contributed by atoms with Crippen molar-refractivity contribution in [1.82, 2.24) is 0 Å². The summed E-state index contributed by atoms with van der Waals surface area (Å²) in [5.41, 5.74) is 0.603. The van der Waals surface area contributed by atoms with Crippen LogP contribution in [-0.2, 0) is 14.3 Å². The smallest absolute Gasteiger partial charge is 0.308 e. The molecule has 0 aromatic heterocycles. The third kappa shape index (κ3) is 3.27. The number of amides is 1. The van der Waals surface area contributed by atoms with Crippen molar-refractivity contribution in [2.75, 3.05) is 24.7 Å². The van der Waals surface area contributed by atoms with Gasteiger partial charge in [0.25, 0.3) is 5.91 Å². The number of β-amino-alcohol motifs (C(OH)–C–C–N with tert-alkyl or cyclic N) is 1. The van der Waals surface area contributed by atoms with Crippen molar-refractivity contribution < 1.29 is 24.2 Å². The van der Waals surface area contributed by atoms with Crippen molar-refractivity contribution in [3.05, 3.63) is 24.3 Å². The summed E-state index contributed by atoms with van der Waals surface area (Å²) in [5.74, 6) is -0.129. The van der Waals surface area contributed by atoms with Gasteiger partial charge in [-0.05, 0) is 19.1 Å². The van der Waals surface area contributed by atoms with Gasteiger partial charge in [0.2, 0.25) is 0 Å². The molecule has 1 amide bonds. The largest absolute Gasteiger partial charge is 0.482 e. The summed E-state index contributed by atoms with van der Waals surface area (Å²) >= 11 is 0. The van der Waals surface area contributed by atoms with E-state index in [0.29, 0.717) is 11.4 Å². The highest BCUT2D eigenvalue weighted by molar-refractivity contribution is 5.97. The summed E-state index contributed by atoms with van der Waals surface area (Å²) in [5, 5.41) is 9.91. The van der Waals surface area contributed by atoms with Gasteiger partial charge in [0.05, 0.1) is 31.4 Å². The summed E-state index contributed by atoms with van der Waals surface area (Å²) in [7, 11) is 0. The van der Waals surface area contributed by atoms with Crippen LogP contribution in [0.15, 0.2) is 24.3 Å². The minimum atomic E-state index is -0.968. The SMILES string of the molecule is CCOC(=O)CC(O)CN1C(=O)COc2ccccc21. The van der Waals surface area contributed by atoms with E-state index in [1.807, 2.05) is 6.07 Å². The van der Waals surface area contributed by atoms with Crippen LogP contribution in [0.25, 0.3) is 0 Å². The van der Waals surface area contributed by atoms with Gasteiger partial charge < -0.3 is 19.5 Å². The van der Waals surface area contributed by atoms with Crippen LogP contribution < -0.4 is 9.64 Å². The summed E-state index contributed by atoms with van der Waals surface area (Å²) in [6.45, 7) is 1.94. The predicted octanol–water partition coefficient (Wildman–Crippen LogP) is 0.726. The van der Waals surface area contributed by atoms with Gasteiger partial charge in [0, 0.05) is 0 Å². The van der Waals surface area contributed by atoms with E-state index >= 15 is 0 Å². The second-order valence-corrected chi connectivity index (χ2v) is 4.42. The number of anilines is 1. The standard InChI is InChI=1S/C14H17NO5/c1-2-19-14(18)7-10(16)8-15-11-5-3-4-6-12(11)20-9-13(15)17/h3-6,10,16H,2,7-9H2,1H3. The monoisotopic (exact) mass is 279 g/mol. The molecule has 1 aromatic carbocycles. The van der Waals surface area contributed by atoms with E-state index in [2.05, 4.69) is 0 Å². The molecule has 20 heavy (non-hydrogen) atoms. The molecule has 0 aliphatic carbocycles. The average molecular weight is 279 g/mol. The Bertz CT molecular complexity index is 502. The van der Waals surface area contributed by atoms with Gasteiger partial charge in [-0.2, -0.15) is 0 Å². The highest BCUT2D eigenvalue weighted by Crippen LogP contribution is 2.31. The fourth-order valence-electron chi connectivity index (χ4n) is 2.04. The zero-order valence-corrected chi connectivity index (χ0v) is 11.2. The quantitative estimate of drug-likeness (QED) is 0.804. The van der Waals surface area contributed by atoms with Crippen LogP contribution in [0.2, 0.25) is 0 Å². The third-order valence-corrected chi connectivity index (χ3v) is 2.91. The van der Waals surface area contributed by atoms with Crippen molar-refractivity contribution >= 4 is 17.6 Å². The molecular weight excluding hydrogens is 262 g/mol. The molecule has 0 saturated heterocycles. The normalized spacial score (nSPS) is 15.3. The number of fused-ring (bicyclic) bond motifs is 1. The van der Waals surface area contributed by atoms with Crippen LogP contribution in [0.3, 0.4) is 0 Å². The van der Waals surface area contributed by atoms with Gasteiger partial charge in [-0.25, -0.2) is 0 Å². The fourth-order valence-corrected chi connectivity index (χ4v) is 2.04. The number of para-hydroxylation sites is 2. The Morgan fingerprint density at radius 3 is 3.00 bits per heavy atom. The molecule has 0 radical (unpaired) electrons. The van der Waals surface area contributed by atoms with Crippen molar-refractivity contribution in [3.8, 4) is 5.75 Å². The fraction of sp³-hybridized carbons (Fsp3) is 0.429. The van der Waals surface area contributed by atoms with Gasteiger partial charge in [-0.15, -0.1) is 0 Å². The molecule has 1 aromatic rings. The lowest BCUT2D eigenvalue weighted by Gasteiger charge is -2.30. The first kappa shape index (κ1) is 14.3. The zero-order chi connectivity index (χ0) is 14.5. The Morgan fingerprint density at radius 2 is 2.25 bits per heavy atom. The molecule has 0 saturated carbocycles. The lowest BCUT2D eigenvalue weighted by molar-refractivity contribution is -0.145. The number of carbonyl (C=O) groups is 2. The zero-order valence-electron chi connectivity index (χ0n) is 11.2. The highest BCUT2D eigenvalue weighted by atomic mass is 16.5. The molecular formula is C14H17NO5. The number of rotatable bonds is 5. The Morgan fingerprint density at radius 1 is 1.50 bits per heavy atom. The van der Waals surface area contributed by atoms with Gasteiger partial charge in [-0.1, -0.05) is 12.1 Å². The van der Waals surface area contributed by atoms with Crippen molar-refractivity contribution in [3.63, 3.8) is 0 Å². The van der Waals surface area contributed by atoms with E-state index in [1.54, 1.807) is 25.1 Å². The molecule has 1 N–H and O–H groups in total. The number of esters is 1. The molecule has 108 valence electrons. The average Bonchev–Trinajstić information content (AvgIpc) is 2.42. The molecule has 0 bridgehead atoms. The Kier molecular flexibility index (Phi) is 4.57. The number of aliphatic hydroxyl groups excluding tert-OH is 1. The van der Waals surface area contributed by atoms with Gasteiger partial charge in [0.1, 0.15) is 5.75 Å². The number of hydrogen-bond donors (Lipinski definition) is 1. The van der Waals surface area contributed by atoms with Crippen LogP contribution in [0.1, 0.15) is 13.3 Å². The van der Waals surface area contributed by atoms with E-state index < -0.39 is 12.1 Å². The predicted molar refractivity (Wildman–Crippen MR) is 71.5 cm³/mol. The molecule has 1 atom stereocenters. The Hall–Kier alpha value is -2.08. The molecule has 6 heteroatoms. The van der Waals surface area contributed by atoms with Crippen LogP contribution >= 0.6 is 0 Å². The number of benzene rings is 1. The van der Waals surface area contributed by atoms with Gasteiger partial charge >= 0.3 is 5.97 Å². The first-order valence-electron chi connectivity index (χ1n) is 6.47. The van der Waals surface area contributed by atoms with E-state index in [0.717, 1.165) is 0 Å². The first-order chi connectivity index (χ1) is 9.61. The molecule has 0 fully saturated rings. The lowest BCUT2D eigenvalue weighted by Crippen LogP contribution is -2.43. The number of hydrogen-bond acceptors (Lipinski definition) is 5. The van der Waals surface area contributed by atoms with E-state index in [1.165, 1.54) is 4.90 Å². The number of carbonyl (C=O) groups excluding carboxylic acids is 2. The van der Waals surface area contributed by atoms with Crippen LogP contribution in [0.5, 0.6) is 5.75 Å². The Labute approximate surface area is 116 Å². The molecule has 6 nitrogen and oxygen atoms in total. The Balaban J connectivity index is 2.05. The second-order valence-electron chi connectivity index (χ2n) is 4.42. The van der Waals surface area contributed by atoms with Crippen molar-refractivity contribution in [1.29, 1.82) is 0 Å². The van der Waals surface area contributed by atoms with Crippen molar-refractivity contribution in [2.24, 2.45) is 0 Å². The van der Waals surface area contributed by atoms with E-state index in [-0.39, 0.29) is 32.1 Å². The molecule has 1 aliphatic rings. The number of ether oxygens (including phenoxy) is 2. The van der Waals surface area contributed by atoms with Gasteiger partial charge in [0.15, 0.2) is 6.61 Å². The number of aliphatic hydroxyl groups is 1.